The number of aryl methyl sites for hydroxylation is 2. The van der Waals surface area contributed by atoms with E-state index in [1.54, 1.807) is 24.2 Å². The first-order valence-corrected chi connectivity index (χ1v) is 11.1. The van der Waals surface area contributed by atoms with Crippen LogP contribution in [0.2, 0.25) is 0 Å². The molecule has 7 nitrogen and oxygen atoms in total. The number of piperidine rings is 1. The molecule has 2 aromatic heterocycles. The number of anilines is 1. The third kappa shape index (κ3) is 4.48. The molecule has 2 amide bonds. The quantitative estimate of drug-likeness (QED) is 0.560. The zero-order valence-electron chi connectivity index (χ0n) is 17.4. The first-order chi connectivity index (χ1) is 14.5. The summed E-state index contributed by atoms with van der Waals surface area (Å²) >= 11 is 1.44. The number of nitrogens with zero attached hydrogens (tertiary/aromatic N) is 5. The Morgan fingerprint density at radius 2 is 2.03 bits per heavy atom. The second-order valence-corrected chi connectivity index (χ2v) is 8.39. The van der Waals surface area contributed by atoms with Gasteiger partial charge >= 0.3 is 5.82 Å². The van der Waals surface area contributed by atoms with Gasteiger partial charge in [-0.15, -0.1) is 0 Å². The monoisotopic (exact) mass is 424 g/mol. The Bertz CT molecular complexity index is 1020. The lowest BCUT2D eigenvalue weighted by molar-refractivity contribution is -0.670. The van der Waals surface area contributed by atoms with Gasteiger partial charge in [0.15, 0.2) is 5.51 Å². The third-order valence-electron chi connectivity index (χ3n) is 5.67. The highest BCUT2D eigenvalue weighted by atomic mass is 32.1. The Balaban J connectivity index is 1.38. The smallest absolute Gasteiger partial charge is 0.338 e. The van der Waals surface area contributed by atoms with Crippen LogP contribution in [0.3, 0.4) is 0 Å². The van der Waals surface area contributed by atoms with Crippen LogP contribution in [0.1, 0.15) is 42.6 Å². The molecule has 2 aliphatic rings. The van der Waals surface area contributed by atoms with Crippen LogP contribution in [0, 0.1) is 0 Å². The molecule has 156 valence electrons. The molecule has 0 saturated carbocycles. The lowest BCUT2D eigenvalue weighted by atomic mass is 10.0. The van der Waals surface area contributed by atoms with E-state index in [2.05, 4.69) is 15.4 Å². The first kappa shape index (κ1) is 20.4. The van der Waals surface area contributed by atoms with E-state index in [0.717, 1.165) is 61.5 Å². The Kier molecular flexibility index (Phi) is 6.03. The maximum atomic E-state index is 12.6. The van der Waals surface area contributed by atoms with Gasteiger partial charge in [-0.25, -0.2) is 9.55 Å². The molecule has 4 rings (SSSR count). The maximum Gasteiger partial charge on any atom is 0.338 e. The topological polar surface area (TPSA) is 70.3 Å². The Labute approximate surface area is 180 Å². The predicted octanol–water partition coefficient (Wildman–Crippen LogP) is 2.38. The van der Waals surface area contributed by atoms with Crippen LogP contribution in [0.15, 0.2) is 29.4 Å². The van der Waals surface area contributed by atoms with E-state index in [0.29, 0.717) is 6.42 Å². The summed E-state index contributed by atoms with van der Waals surface area (Å²) < 4.78 is 6.40. The summed E-state index contributed by atoms with van der Waals surface area (Å²) in [6, 6.07) is 2.03. The highest BCUT2D eigenvalue weighted by Crippen LogP contribution is 2.25. The van der Waals surface area contributed by atoms with E-state index in [9.17, 15) is 9.59 Å². The van der Waals surface area contributed by atoms with E-state index in [1.807, 2.05) is 34.2 Å². The maximum absolute atomic E-state index is 12.6. The van der Waals surface area contributed by atoms with Crippen molar-refractivity contribution in [3.8, 4) is 0 Å². The summed E-state index contributed by atoms with van der Waals surface area (Å²) in [6.07, 6.45) is 11.3. The minimum atomic E-state index is 0.0236. The normalized spacial score (nSPS) is 17.3. The molecule has 0 bridgehead atoms. The molecule has 8 heteroatoms. The van der Waals surface area contributed by atoms with Gasteiger partial charge in [0.05, 0.1) is 7.05 Å². The minimum absolute atomic E-state index is 0.0236. The van der Waals surface area contributed by atoms with Crippen molar-refractivity contribution in [1.82, 2.24) is 14.3 Å². The predicted molar refractivity (Wildman–Crippen MR) is 117 cm³/mol. The SMILES string of the molecule is CN1C(=O)CCCc2cc(C=CC(=O)N3CCC(=Cc4nsc[n+]4C)CC3)cnc21. The highest BCUT2D eigenvalue weighted by molar-refractivity contribution is 7.02. The number of rotatable bonds is 3. The number of hydrogen-bond acceptors (Lipinski definition) is 5. The number of aromatic nitrogens is 3. The van der Waals surface area contributed by atoms with Crippen LogP contribution in [0.4, 0.5) is 5.82 Å². The summed E-state index contributed by atoms with van der Waals surface area (Å²) in [6.45, 7) is 1.44. The van der Waals surface area contributed by atoms with Crippen LogP contribution < -0.4 is 9.47 Å². The summed E-state index contributed by atoms with van der Waals surface area (Å²) in [5.41, 5.74) is 5.25. The summed E-state index contributed by atoms with van der Waals surface area (Å²) in [5, 5.41) is 0. The van der Waals surface area contributed by atoms with Crippen molar-refractivity contribution in [2.75, 3.05) is 25.0 Å². The van der Waals surface area contributed by atoms with E-state index in [1.165, 1.54) is 17.1 Å². The first-order valence-electron chi connectivity index (χ1n) is 10.2. The van der Waals surface area contributed by atoms with E-state index < -0.39 is 0 Å². The zero-order valence-corrected chi connectivity index (χ0v) is 18.2. The van der Waals surface area contributed by atoms with Gasteiger partial charge in [-0.05, 0) is 49.0 Å². The highest BCUT2D eigenvalue weighted by Gasteiger charge is 2.21. The van der Waals surface area contributed by atoms with Crippen molar-refractivity contribution in [2.24, 2.45) is 7.05 Å². The number of hydrogen-bond donors (Lipinski definition) is 0. The fraction of sp³-hybridized carbons (Fsp3) is 0.409. The average molecular weight is 425 g/mol. The van der Waals surface area contributed by atoms with Gasteiger partial charge in [0.25, 0.3) is 0 Å². The molecule has 0 spiro atoms. The Hall–Kier alpha value is -2.87. The van der Waals surface area contributed by atoms with Crippen molar-refractivity contribution < 1.29 is 14.2 Å². The molecule has 1 saturated heterocycles. The summed E-state index contributed by atoms with van der Waals surface area (Å²) in [4.78, 5) is 32.6. The second kappa shape index (κ2) is 8.87. The van der Waals surface area contributed by atoms with Gasteiger partial charge < -0.3 is 4.90 Å². The molecule has 1 fully saturated rings. The summed E-state index contributed by atoms with van der Waals surface area (Å²) in [7, 11) is 3.76. The minimum Gasteiger partial charge on any atom is -0.339 e. The fourth-order valence-electron chi connectivity index (χ4n) is 3.82. The van der Waals surface area contributed by atoms with Gasteiger partial charge in [0, 0.05) is 49.3 Å². The average Bonchev–Trinajstić information content (AvgIpc) is 3.10. The van der Waals surface area contributed by atoms with Gasteiger partial charge in [-0.2, -0.15) is 0 Å². The molecule has 0 aromatic carbocycles. The zero-order chi connectivity index (χ0) is 21.1. The largest absolute Gasteiger partial charge is 0.339 e. The molecule has 0 radical (unpaired) electrons. The van der Waals surface area contributed by atoms with Crippen LogP contribution >= 0.6 is 11.5 Å². The van der Waals surface area contributed by atoms with Gasteiger partial charge in [-0.3, -0.25) is 14.5 Å². The van der Waals surface area contributed by atoms with E-state index >= 15 is 0 Å². The van der Waals surface area contributed by atoms with E-state index in [4.69, 9.17) is 0 Å². The third-order valence-corrected chi connectivity index (χ3v) is 6.38. The molecular formula is C22H26N5O2S+. The van der Waals surface area contributed by atoms with Crippen molar-refractivity contribution in [3.05, 3.63) is 46.4 Å². The van der Waals surface area contributed by atoms with Crippen molar-refractivity contribution in [2.45, 2.75) is 32.1 Å². The van der Waals surface area contributed by atoms with Gasteiger partial charge in [0.1, 0.15) is 17.4 Å². The van der Waals surface area contributed by atoms with Crippen LogP contribution in [0.25, 0.3) is 12.2 Å². The van der Waals surface area contributed by atoms with Crippen molar-refractivity contribution in [3.63, 3.8) is 0 Å². The molecule has 30 heavy (non-hydrogen) atoms. The van der Waals surface area contributed by atoms with Gasteiger partial charge in [-0.1, -0.05) is 5.57 Å². The number of fused-ring (bicyclic) bond motifs is 1. The molecule has 0 N–H and O–H groups in total. The van der Waals surface area contributed by atoms with Crippen LogP contribution in [0.5, 0.6) is 0 Å². The Morgan fingerprint density at radius 3 is 2.77 bits per heavy atom. The lowest BCUT2D eigenvalue weighted by Gasteiger charge is -2.27. The molecule has 0 aliphatic carbocycles. The summed E-state index contributed by atoms with van der Waals surface area (Å²) in [5.74, 6) is 1.82. The second-order valence-electron chi connectivity index (χ2n) is 7.79. The molecular weight excluding hydrogens is 398 g/mol. The number of pyridine rings is 1. The number of carbonyl (C=O) groups excluding carboxylic acids is 2. The number of amides is 2. The molecule has 0 unspecified atom stereocenters. The number of carbonyl (C=O) groups is 2. The van der Waals surface area contributed by atoms with E-state index in [-0.39, 0.29) is 11.8 Å². The standard InChI is InChI=1S/C22H26N5O2S/c1-25-15-30-24-19(25)13-16-8-10-27(11-9-16)21(29)7-6-17-12-18-4-3-5-20(28)26(2)22(18)23-14-17/h6-7,12-15H,3-5,8-11H2,1-2H3/q+1. The van der Waals surface area contributed by atoms with Crippen LogP contribution in [-0.4, -0.2) is 46.2 Å². The molecule has 2 aromatic rings. The number of likely N-dealkylation sites (tertiary alicyclic amines) is 1. The van der Waals surface area contributed by atoms with Crippen LogP contribution in [-0.2, 0) is 23.1 Å². The molecule has 0 atom stereocenters. The molecule has 4 heterocycles. The van der Waals surface area contributed by atoms with Crippen molar-refractivity contribution in [1.29, 1.82) is 0 Å². The van der Waals surface area contributed by atoms with Gasteiger partial charge in [0.2, 0.25) is 11.8 Å². The lowest BCUT2D eigenvalue weighted by Crippen LogP contribution is -2.35. The fourth-order valence-corrected chi connectivity index (χ4v) is 4.41. The Morgan fingerprint density at radius 1 is 1.23 bits per heavy atom. The van der Waals surface area contributed by atoms with Crippen molar-refractivity contribution >= 4 is 41.3 Å². The molecule has 2 aliphatic heterocycles.